The number of fused-ring (bicyclic) bond motifs is 1. The first-order valence-corrected chi connectivity index (χ1v) is 9.12. The van der Waals surface area contributed by atoms with E-state index in [4.69, 9.17) is 0 Å². The van der Waals surface area contributed by atoms with Crippen LogP contribution < -0.4 is 0 Å². The molecule has 1 spiro atoms. The van der Waals surface area contributed by atoms with Crippen LogP contribution in [0, 0.1) is 11.2 Å². The molecule has 2 aromatic heterocycles. The molecule has 1 aromatic carbocycles. The summed E-state index contributed by atoms with van der Waals surface area (Å²) >= 11 is 0. The molecule has 0 bridgehead atoms. The highest BCUT2D eigenvalue weighted by Crippen LogP contribution is 2.42. The Bertz CT molecular complexity index is 1020. The number of halogens is 1. The van der Waals surface area contributed by atoms with Gasteiger partial charge in [0.2, 0.25) is 0 Å². The van der Waals surface area contributed by atoms with E-state index in [1.54, 1.807) is 36.1 Å². The summed E-state index contributed by atoms with van der Waals surface area (Å²) in [7, 11) is 1.79. The van der Waals surface area contributed by atoms with Crippen molar-refractivity contribution in [3.05, 3.63) is 60.1 Å². The van der Waals surface area contributed by atoms with Crippen molar-refractivity contribution in [3.63, 3.8) is 0 Å². The third kappa shape index (κ3) is 2.57. The Kier molecular flexibility index (Phi) is 3.47. The topological polar surface area (TPSA) is 56.0 Å². The maximum atomic E-state index is 13.2. The van der Waals surface area contributed by atoms with Crippen molar-refractivity contribution in [2.75, 3.05) is 13.1 Å². The molecule has 138 valence electrons. The Morgan fingerprint density at radius 2 is 2.00 bits per heavy atom. The van der Waals surface area contributed by atoms with E-state index in [9.17, 15) is 9.18 Å². The Morgan fingerprint density at radius 3 is 2.74 bits per heavy atom. The van der Waals surface area contributed by atoms with E-state index >= 15 is 0 Å². The number of amides is 1. The van der Waals surface area contributed by atoms with Crippen molar-refractivity contribution in [2.24, 2.45) is 12.5 Å². The first-order chi connectivity index (χ1) is 13.0. The van der Waals surface area contributed by atoms with Crippen molar-refractivity contribution >= 4 is 5.91 Å². The molecule has 0 radical (unpaired) electrons. The van der Waals surface area contributed by atoms with Gasteiger partial charge in [-0.05, 0) is 42.3 Å². The fourth-order valence-corrected chi connectivity index (χ4v) is 4.44. The summed E-state index contributed by atoms with van der Waals surface area (Å²) in [6, 6.07) is 8.29. The summed E-state index contributed by atoms with van der Waals surface area (Å²) in [6.07, 6.45) is 5.34. The van der Waals surface area contributed by atoms with Crippen LogP contribution in [0.15, 0.2) is 42.7 Å². The van der Waals surface area contributed by atoms with E-state index in [-0.39, 0.29) is 17.1 Å². The maximum Gasteiger partial charge on any atom is 0.272 e. The number of carbonyl (C=O) groups excluding carboxylic acids is 1. The zero-order valence-corrected chi connectivity index (χ0v) is 15.1. The second-order valence-electron chi connectivity index (χ2n) is 7.65. The van der Waals surface area contributed by atoms with Crippen LogP contribution in [-0.4, -0.2) is 43.2 Å². The third-order valence-electron chi connectivity index (χ3n) is 5.87. The lowest BCUT2D eigenvalue weighted by atomic mass is 9.86. The Hall–Kier alpha value is -2.96. The summed E-state index contributed by atoms with van der Waals surface area (Å²) in [6.45, 7) is 2.31. The zero-order valence-electron chi connectivity index (χ0n) is 15.1. The quantitative estimate of drug-likeness (QED) is 0.701. The Labute approximate surface area is 156 Å². The summed E-state index contributed by atoms with van der Waals surface area (Å²) < 4.78 is 17.1. The number of nitrogens with zero attached hydrogens (tertiary/aromatic N) is 5. The lowest BCUT2D eigenvalue weighted by Gasteiger charge is -2.23. The molecule has 0 saturated carbocycles. The number of hydrogen-bond donors (Lipinski definition) is 0. The van der Waals surface area contributed by atoms with Crippen LogP contribution in [0.2, 0.25) is 0 Å². The van der Waals surface area contributed by atoms with Crippen molar-refractivity contribution in [1.29, 1.82) is 0 Å². The number of rotatable bonds is 2. The fraction of sp³-hybridized carbons (Fsp3) is 0.350. The molecule has 1 atom stereocenters. The highest BCUT2D eigenvalue weighted by Gasteiger charge is 2.46. The van der Waals surface area contributed by atoms with E-state index in [0.717, 1.165) is 49.6 Å². The second-order valence-corrected chi connectivity index (χ2v) is 7.65. The molecule has 3 aromatic rings. The molecule has 6 nitrogen and oxygen atoms in total. The molecule has 2 aliphatic heterocycles. The van der Waals surface area contributed by atoms with Crippen LogP contribution in [0.1, 0.15) is 22.7 Å². The molecule has 1 fully saturated rings. The van der Waals surface area contributed by atoms with Crippen molar-refractivity contribution in [1.82, 2.24) is 24.2 Å². The van der Waals surface area contributed by atoms with E-state index in [1.807, 2.05) is 11.1 Å². The van der Waals surface area contributed by atoms with Gasteiger partial charge in [0.1, 0.15) is 17.3 Å². The van der Waals surface area contributed by atoms with E-state index in [2.05, 4.69) is 14.6 Å². The number of likely N-dealkylation sites (tertiary alicyclic amines) is 1. The number of imidazole rings is 1. The Morgan fingerprint density at radius 1 is 1.19 bits per heavy atom. The van der Waals surface area contributed by atoms with Crippen LogP contribution in [0.4, 0.5) is 4.39 Å². The molecule has 0 N–H and O–H groups in total. The van der Waals surface area contributed by atoms with Gasteiger partial charge in [0, 0.05) is 44.7 Å². The first kappa shape index (κ1) is 16.2. The number of aryl methyl sites for hydroxylation is 1. The van der Waals surface area contributed by atoms with Gasteiger partial charge in [-0.3, -0.25) is 9.48 Å². The molecular formula is C20H20FN5O. The van der Waals surface area contributed by atoms with Gasteiger partial charge in [-0.2, -0.15) is 5.10 Å². The van der Waals surface area contributed by atoms with Gasteiger partial charge in [-0.25, -0.2) is 9.37 Å². The molecule has 1 amide bonds. The number of hydrogen-bond acceptors (Lipinski definition) is 3. The number of benzene rings is 1. The molecular weight excluding hydrogens is 345 g/mol. The largest absolute Gasteiger partial charge is 0.337 e. The maximum absolute atomic E-state index is 13.2. The van der Waals surface area contributed by atoms with E-state index in [0.29, 0.717) is 5.69 Å². The minimum Gasteiger partial charge on any atom is -0.337 e. The van der Waals surface area contributed by atoms with Crippen LogP contribution in [0.3, 0.4) is 0 Å². The molecule has 0 aliphatic carbocycles. The molecule has 0 unspecified atom stereocenters. The Balaban J connectivity index is 1.38. The van der Waals surface area contributed by atoms with Gasteiger partial charge in [-0.1, -0.05) is 0 Å². The standard InChI is InChI=1S/C20H20FN5O/c1-24-16(6-8-23-24)19(27)25-9-7-20(12-25)10-18-22-11-17(26(18)13-20)14-2-4-15(21)5-3-14/h2-6,8,11H,7,9-10,12-13H2,1H3/t20-/m1/s1. The smallest absolute Gasteiger partial charge is 0.272 e. The summed E-state index contributed by atoms with van der Waals surface area (Å²) in [5.41, 5.74) is 2.63. The van der Waals surface area contributed by atoms with Gasteiger partial charge in [0.15, 0.2) is 0 Å². The minimum absolute atomic E-state index is 0.0344. The third-order valence-corrected chi connectivity index (χ3v) is 5.87. The van der Waals surface area contributed by atoms with Crippen LogP contribution in [-0.2, 0) is 20.0 Å². The number of carbonyl (C=O) groups is 1. The van der Waals surface area contributed by atoms with Gasteiger partial charge >= 0.3 is 0 Å². The van der Waals surface area contributed by atoms with Crippen LogP contribution >= 0.6 is 0 Å². The fourth-order valence-electron chi connectivity index (χ4n) is 4.44. The SMILES string of the molecule is Cn1nccc1C(=O)N1CC[C@@]2(Cc3ncc(-c4ccc(F)cc4)n3C2)C1. The highest BCUT2D eigenvalue weighted by molar-refractivity contribution is 5.92. The summed E-state index contributed by atoms with van der Waals surface area (Å²) in [5.74, 6) is 0.843. The normalized spacial score (nSPS) is 21.2. The van der Waals surface area contributed by atoms with Crippen molar-refractivity contribution in [2.45, 2.75) is 19.4 Å². The zero-order chi connectivity index (χ0) is 18.6. The molecule has 2 aliphatic rings. The number of aromatic nitrogens is 4. The van der Waals surface area contributed by atoms with Crippen LogP contribution in [0.25, 0.3) is 11.3 Å². The predicted molar refractivity (Wildman–Crippen MR) is 97.5 cm³/mol. The molecule has 27 heavy (non-hydrogen) atoms. The average molecular weight is 365 g/mol. The average Bonchev–Trinajstić information content (AvgIpc) is 3.41. The van der Waals surface area contributed by atoms with Crippen molar-refractivity contribution < 1.29 is 9.18 Å². The molecule has 5 rings (SSSR count). The van der Waals surface area contributed by atoms with E-state index in [1.165, 1.54) is 12.1 Å². The molecule has 7 heteroatoms. The summed E-state index contributed by atoms with van der Waals surface area (Å²) in [4.78, 5) is 19.3. The highest BCUT2D eigenvalue weighted by atomic mass is 19.1. The first-order valence-electron chi connectivity index (χ1n) is 9.12. The van der Waals surface area contributed by atoms with Gasteiger partial charge in [0.05, 0.1) is 11.9 Å². The lowest BCUT2D eigenvalue weighted by molar-refractivity contribution is 0.0761. The minimum atomic E-state index is -0.239. The van der Waals surface area contributed by atoms with E-state index < -0.39 is 0 Å². The summed E-state index contributed by atoms with van der Waals surface area (Å²) in [5, 5.41) is 4.10. The monoisotopic (exact) mass is 365 g/mol. The van der Waals surface area contributed by atoms with Gasteiger partial charge in [0.25, 0.3) is 5.91 Å². The second kappa shape index (κ2) is 5.77. The molecule has 1 saturated heterocycles. The molecule has 4 heterocycles. The predicted octanol–water partition coefficient (Wildman–Crippen LogP) is 2.51. The van der Waals surface area contributed by atoms with Gasteiger partial charge in [-0.15, -0.1) is 0 Å². The van der Waals surface area contributed by atoms with Crippen LogP contribution in [0.5, 0.6) is 0 Å². The van der Waals surface area contributed by atoms with Gasteiger partial charge < -0.3 is 9.47 Å². The van der Waals surface area contributed by atoms with Crippen molar-refractivity contribution in [3.8, 4) is 11.3 Å². The lowest BCUT2D eigenvalue weighted by Crippen LogP contribution is -2.34.